The highest BCUT2D eigenvalue weighted by atomic mass is 16.5. The fourth-order valence-corrected chi connectivity index (χ4v) is 0.438. The van der Waals surface area contributed by atoms with Gasteiger partial charge < -0.3 is 9.84 Å². The van der Waals surface area contributed by atoms with Gasteiger partial charge in [0.1, 0.15) is 6.61 Å². The lowest BCUT2D eigenvalue weighted by atomic mass is 10.3. The van der Waals surface area contributed by atoms with E-state index >= 15 is 0 Å². The molecule has 0 bridgehead atoms. The van der Waals surface area contributed by atoms with E-state index in [2.05, 4.69) is 11.8 Å². The average Bonchev–Trinajstić information content (AvgIpc) is 1.97. The molecule has 0 aliphatic rings. The fourth-order valence-electron chi connectivity index (χ4n) is 0.438. The Labute approximate surface area is 61.5 Å². The number of ether oxygens (including phenoxy) is 1. The second-order valence-electron chi connectivity index (χ2n) is 1.80. The highest BCUT2D eigenvalue weighted by molar-refractivity contribution is 5.26. The summed E-state index contributed by atoms with van der Waals surface area (Å²) in [5, 5.41) is 8.31. The summed E-state index contributed by atoms with van der Waals surface area (Å²) in [4.78, 5) is 0. The third kappa shape index (κ3) is 5.36. The van der Waals surface area contributed by atoms with Crippen LogP contribution < -0.4 is 0 Å². The third-order valence-corrected chi connectivity index (χ3v) is 0.921. The lowest BCUT2D eigenvalue weighted by Gasteiger charge is -1.88. The van der Waals surface area contributed by atoms with Crippen molar-refractivity contribution in [3.8, 4) is 11.8 Å². The zero-order valence-electron chi connectivity index (χ0n) is 6.35. The summed E-state index contributed by atoms with van der Waals surface area (Å²) < 4.78 is 4.79. The number of hydrogen-bond acceptors (Lipinski definition) is 2. The highest BCUT2D eigenvalue weighted by Gasteiger charge is 1.78. The van der Waals surface area contributed by atoms with Crippen molar-refractivity contribution in [2.24, 2.45) is 0 Å². The number of methoxy groups -OCH3 is 1. The van der Waals surface area contributed by atoms with Crippen LogP contribution in [0.5, 0.6) is 0 Å². The average molecular weight is 140 g/mol. The van der Waals surface area contributed by atoms with Crippen LogP contribution in [-0.2, 0) is 4.74 Å². The van der Waals surface area contributed by atoms with Gasteiger partial charge >= 0.3 is 0 Å². The molecule has 0 atom stereocenters. The second-order valence-corrected chi connectivity index (χ2v) is 1.80. The van der Waals surface area contributed by atoms with Crippen molar-refractivity contribution >= 4 is 0 Å². The maximum absolute atomic E-state index is 8.31. The molecule has 0 heterocycles. The molecule has 56 valence electrons. The van der Waals surface area contributed by atoms with E-state index in [0.29, 0.717) is 6.61 Å². The summed E-state index contributed by atoms with van der Waals surface area (Å²) in [7, 11) is 1.63. The van der Waals surface area contributed by atoms with E-state index in [1.807, 2.05) is 13.0 Å². The molecule has 0 aromatic heterocycles. The lowest BCUT2D eigenvalue weighted by Crippen LogP contribution is -1.83. The van der Waals surface area contributed by atoms with Crippen molar-refractivity contribution in [3.63, 3.8) is 0 Å². The molecule has 0 saturated carbocycles. The SMILES string of the molecule is COC/C=C(/C)C#CCO. The molecule has 0 aromatic rings. The number of aliphatic hydroxyl groups excluding tert-OH is 1. The Morgan fingerprint density at radius 2 is 2.40 bits per heavy atom. The Morgan fingerprint density at radius 3 is 2.90 bits per heavy atom. The van der Waals surface area contributed by atoms with Crippen LogP contribution in [0.25, 0.3) is 0 Å². The molecular weight excluding hydrogens is 128 g/mol. The van der Waals surface area contributed by atoms with Crippen molar-refractivity contribution in [3.05, 3.63) is 11.6 Å². The van der Waals surface area contributed by atoms with E-state index in [9.17, 15) is 0 Å². The predicted octanol–water partition coefficient (Wildman–Crippen LogP) is 0.575. The summed E-state index contributed by atoms with van der Waals surface area (Å²) in [6.07, 6.45) is 1.86. The van der Waals surface area contributed by atoms with Crippen LogP contribution in [0.2, 0.25) is 0 Å². The standard InChI is InChI=1S/C8H12O2/c1-8(4-3-6-9)5-7-10-2/h5,9H,6-7H2,1-2H3/b8-5-. The Morgan fingerprint density at radius 1 is 1.70 bits per heavy atom. The van der Waals surface area contributed by atoms with Crippen LogP contribution in [0.4, 0.5) is 0 Å². The van der Waals surface area contributed by atoms with E-state index in [1.54, 1.807) is 7.11 Å². The van der Waals surface area contributed by atoms with Crippen molar-refractivity contribution < 1.29 is 9.84 Å². The Kier molecular flexibility index (Phi) is 5.85. The molecule has 0 aromatic carbocycles. The van der Waals surface area contributed by atoms with Gasteiger partial charge in [-0.15, -0.1) is 0 Å². The summed E-state index contributed by atoms with van der Waals surface area (Å²) >= 11 is 0. The van der Waals surface area contributed by atoms with Gasteiger partial charge in [-0.2, -0.15) is 0 Å². The fraction of sp³-hybridized carbons (Fsp3) is 0.500. The zero-order chi connectivity index (χ0) is 7.82. The molecule has 0 saturated heterocycles. The predicted molar refractivity (Wildman–Crippen MR) is 40.5 cm³/mol. The van der Waals surface area contributed by atoms with Gasteiger partial charge in [-0.25, -0.2) is 0 Å². The minimum Gasteiger partial charge on any atom is -0.384 e. The minimum atomic E-state index is -0.0852. The quantitative estimate of drug-likeness (QED) is 0.568. The zero-order valence-corrected chi connectivity index (χ0v) is 6.35. The van der Waals surface area contributed by atoms with Gasteiger partial charge in [-0.1, -0.05) is 11.8 Å². The van der Waals surface area contributed by atoms with Gasteiger partial charge in [0, 0.05) is 7.11 Å². The van der Waals surface area contributed by atoms with Crippen molar-refractivity contribution in [2.75, 3.05) is 20.3 Å². The second kappa shape index (κ2) is 6.34. The summed E-state index contributed by atoms with van der Waals surface area (Å²) in [5.74, 6) is 5.29. The van der Waals surface area contributed by atoms with Crippen molar-refractivity contribution in [2.45, 2.75) is 6.92 Å². The molecule has 0 amide bonds. The van der Waals surface area contributed by atoms with Gasteiger partial charge in [0.2, 0.25) is 0 Å². The van der Waals surface area contributed by atoms with Gasteiger partial charge in [0.15, 0.2) is 0 Å². The van der Waals surface area contributed by atoms with E-state index in [-0.39, 0.29) is 6.61 Å². The van der Waals surface area contributed by atoms with Gasteiger partial charge in [0.25, 0.3) is 0 Å². The summed E-state index contributed by atoms with van der Waals surface area (Å²) in [5.41, 5.74) is 0.927. The van der Waals surface area contributed by atoms with E-state index < -0.39 is 0 Å². The van der Waals surface area contributed by atoms with E-state index in [4.69, 9.17) is 9.84 Å². The molecular formula is C8H12O2. The topological polar surface area (TPSA) is 29.5 Å². The van der Waals surface area contributed by atoms with Crippen LogP contribution in [0, 0.1) is 11.8 Å². The third-order valence-electron chi connectivity index (χ3n) is 0.921. The molecule has 0 fully saturated rings. The molecule has 0 rings (SSSR count). The molecule has 0 spiro atoms. The van der Waals surface area contributed by atoms with Crippen LogP contribution in [0.15, 0.2) is 11.6 Å². The number of rotatable bonds is 2. The number of allylic oxidation sites excluding steroid dienone is 1. The van der Waals surface area contributed by atoms with Crippen LogP contribution in [0.3, 0.4) is 0 Å². The maximum Gasteiger partial charge on any atom is 0.104 e. The smallest absolute Gasteiger partial charge is 0.104 e. The van der Waals surface area contributed by atoms with Crippen molar-refractivity contribution in [1.82, 2.24) is 0 Å². The minimum absolute atomic E-state index is 0.0852. The first kappa shape index (κ1) is 9.22. The highest BCUT2D eigenvalue weighted by Crippen LogP contribution is 1.87. The molecule has 0 radical (unpaired) electrons. The Balaban J connectivity index is 3.70. The number of aliphatic hydroxyl groups is 1. The molecule has 2 heteroatoms. The van der Waals surface area contributed by atoms with Crippen molar-refractivity contribution in [1.29, 1.82) is 0 Å². The van der Waals surface area contributed by atoms with E-state index in [1.165, 1.54) is 0 Å². The first-order valence-corrected chi connectivity index (χ1v) is 3.06. The summed E-state index contributed by atoms with van der Waals surface area (Å²) in [6, 6.07) is 0. The molecule has 0 unspecified atom stereocenters. The molecule has 0 aliphatic carbocycles. The van der Waals surface area contributed by atoms with Gasteiger partial charge in [-0.05, 0) is 18.6 Å². The van der Waals surface area contributed by atoms with E-state index in [0.717, 1.165) is 5.57 Å². The van der Waals surface area contributed by atoms with Gasteiger partial charge in [0.05, 0.1) is 6.61 Å². The van der Waals surface area contributed by atoms with Crippen LogP contribution in [0.1, 0.15) is 6.92 Å². The monoisotopic (exact) mass is 140 g/mol. The summed E-state index contributed by atoms with van der Waals surface area (Å²) in [6.45, 7) is 2.37. The van der Waals surface area contributed by atoms with Crippen LogP contribution >= 0.6 is 0 Å². The molecule has 0 aliphatic heterocycles. The van der Waals surface area contributed by atoms with Crippen LogP contribution in [-0.4, -0.2) is 25.4 Å². The normalized spacial score (nSPS) is 10.5. The molecule has 1 N–H and O–H groups in total. The Bertz CT molecular complexity index is 160. The maximum atomic E-state index is 8.31. The molecule has 10 heavy (non-hydrogen) atoms. The lowest BCUT2D eigenvalue weighted by molar-refractivity contribution is 0.233. The first-order chi connectivity index (χ1) is 4.81. The molecule has 2 nitrogen and oxygen atoms in total. The number of hydrogen-bond donors (Lipinski definition) is 1. The largest absolute Gasteiger partial charge is 0.384 e. The first-order valence-electron chi connectivity index (χ1n) is 3.06. The van der Waals surface area contributed by atoms with Gasteiger partial charge in [-0.3, -0.25) is 0 Å². The Hall–Kier alpha value is -0.780.